The molecule has 0 heterocycles. The molecule has 0 aromatic carbocycles. The molecule has 0 amide bonds. The Hall–Kier alpha value is -0.603. The Balaban J connectivity index is 5.13. The van der Waals surface area contributed by atoms with Gasteiger partial charge in [-0.25, -0.2) is 8.42 Å². The standard InChI is InChI=1S/C7H11ClN2O3SSi/c1-15(2,3)13-7(4-9,5-10)6-14(8,11)12/h6H2,1-3H3. The minimum atomic E-state index is -3.95. The van der Waals surface area contributed by atoms with E-state index in [0.29, 0.717) is 0 Å². The highest BCUT2D eigenvalue weighted by molar-refractivity contribution is 8.13. The summed E-state index contributed by atoms with van der Waals surface area (Å²) in [6, 6.07) is 3.13. The van der Waals surface area contributed by atoms with Crippen LogP contribution in [-0.4, -0.2) is 28.1 Å². The van der Waals surface area contributed by atoms with Crippen molar-refractivity contribution in [2.45, 2.75) is 25.2 Å². The van der Waals surface area contributed by atoms with Gasteiger partial charge in [-0.05, 0) is 19.6 Å². The number of hydrogen-bond acceptors (Lipinski definition) is 5. The van der Waals surface area contributed by atoms with Crippen molar-refractivity contribution in [2.75, 3.05) is 5.75 Å². The average molecular weight is 267 g/mol. The molecule has 0 rings (SSSR count). The lowest BCUT2D eigenvalue weighted by Gasteiger charge is -2.26. The van der Waals surface area contributed by atoms with Crippen LogP contribution in [0.4, 0.5) is 0 Å². The van der Waals surface area contributed by atoms with Crippen molar-refractivity contribution >= 4 is 28.1 Å². The molecule has 0 saturated carbocycles. The average Bonchev–Trinajstić information content (AvgIpc) is 1.98. The Kier molecular flexibility index (Phi) is 4.32. The molecule has 15 heavy (non-hydrogen) atoms. The summed E-state index contributed by atoms with van der Waals surface area (Å²) in [5, 5.41) is 17.6. The van der Waals surface area contributed by atoms with Crippen LogP contribution in [0.1, 0.15) is 0 Å². The highest BCUT2D eigenvalue weighted by Gasteiger charge is 2.40. The van der Waals surface area contributed by atoms with Crippen LogP contribution in [0, 0.1) is 22.7 Å². The summed E-state index contributed by atoms with van der Waals surface area (Å²) in [5.41, 5.74) is -1.99. The van der Waals surface area contributed by atoms with E-state index in [2.05, 4.69) is 0 Å². The van der Waals surface area contributed by atoms with Gasteiger partial charge in [-0.15, -0.1) is 0 Å². The van der Waals surface area contributed by atoms with Gasteiger partial charge in [0.05, 0.1) is 0 Å². The third-order valence-corrected chi connectivity index (χ3v) is 3.26. The fourth-order valence-electron chi connectivity index (χ4n) is 0.930. The Bertz CT molecular complexity index is 401. The van der Waals surface area contributed by atoms with Crippen LogP contribution in [0.3, 0.4) is 0 Å². The quantitative estimate of drug-likeness (QED) is 0.563. The van der Waals surface area contributed by atoms with E-state index < -0.39 is 28.7 Å². The van der Waals surface area contributed by atoms with Gasteiger partial charge in [0.25, 0.3) is 0 Å². The van der Waals surface area contributed by atoms with Crippen LogP contribution in [0.5, 0.6) is 0 Å². The van der Waals surface area contributed by atoms with Crippen LogP contribution in [-0.2, 0) is 13.5 Å². The van der Waals surface area contributed by atoms with E-state index in [-0.39, 0.29) is 0 Å². The van der Waals surface area contributed by atoms with Crippen molar-refractivity contribution in [1.29, 1.82) is 10.5 Å². The van der Waals surface area contributed by atoms with E-state index in [0.717, 1.165) is 0 Å². The summed E-state index contributed by atoms with van der Waals surface area (Å²) < 4.78 is 27.0. The van der Waals surface area contributed by atoms with Crippen molar-refractivity contribution in [1.82, 2.24) is 0 Å². The second-order valence-corrected chi connectivity index (χ2v) is 11.2. The first-order valence-electron chi connectivity index (χ1n) is 3.99. The summed E-state index contributed by atoms with van der Waals surface area (Å²) in [7, 11) is -1.15. The molecule has 8 heteroatoms. The summed E-state index contributed by atoms with van der Waals surface area (Å²) in [6.45, 7) is 5.24. The molecule has 0 saturated heterocycles. The molecule has 0 aromatic rings. The molecule has 0 N–H and O–H groups in total. The van der Waals surface area contributed by atoms with Crippen molar-refractivity contribution < 1.29 is 12.8 Å². The van der Waals surface area contributed by atoms with Crippen LogP contribution in [0.15, 0.2) is 0 Å². The van der Waals surface area contributed by atoms with Crippen molar-refractivity contribution in [3.63, 3.8) is 0 Å². The molecular weight excluding hydrogens is 256 g/mol. The third kappa shape index (κ3) is 5.75. The minimum absolute atomic E-state index is 0.821. The SMILES string of the molecule is C[Si](C)(C)OC(C#N)(C#N)CS(=O)(=O)Cl. The highest BCUT2D eigenvalue weighted by atomic mass is 35.7. The molecule has 0 unspecified atom stereocenters. The highest BCUT2D eigenvalue weighted by Crippen LogP contribution is 2.20. The molecule has 0 aliphatic rings. The van der Waals surface area contributed by atoms with E-state index in [9.17, 15) is 8.42 Å². The Morgan fingerprint density at radius 2 is 1.73 bits per heavy atom. The summed E-state index contributed by atoms with van der Waals surface area (Å²) in [6.07, 6.45) is 0. The zero-order chi connectivity index (χ0) is 12.3. The van der Waals surface area contributed by atoms with Crippen LogP contribution in [0.2, 0.25) is 19.6 Å². The topological polar surface area (TPSA) is 90.9 Å². The van der Waals surface area contributed by atoms with Crippen molar-refractivity contribution in [3.8, 4) is 12.1 Å². The Labute approximate surface area is 94.8 Å². The maximum absolute atomic E-state index is 10.8. The normalized spacial score (nSPS) is 12.9. The van der Waals surface area contributed by atoms with E-state index in [4.69, 9.17) is 25.6 Å². The molecule has 84 valence electrons. The van der Waals surface area contributed by atoms with Crippen LogP contribution < -0.4 is 0 Å². The Morgan fingerprint density at radius 3 is 1.93 bits per heavy atom. The lowest BCUT2D eigenvalue weighted by molar-refractivity contribution is 0.203. The van der Waals surface area contributed by atoms with Crippen molar-refractivity contribution in [2.24, 2.45) is 0 Å². The van der Waals surface area contributed by atoms with Gasteiger partial charge in [0, 0.05) is 10.7 Å². The zero-order valence-electron chi connectivity index (χ0n) is 8.61. The maximum atomic E-state index is 10.8. The number of rotatable bonds is 4. The van der Waals surface area contributed by atoms with E-state index in [1.54, 1.807) is 31.8 Å². The monoisotopic (exact) mass is 266 g/mol. The van der Waals surface area contributed by atoms with Gasteiger partial charge in [0.2, 0.25) is 14.7 Å². The van der Waals surface area contributed by atoms with E-state index >= 15 is 0 Å². The number of halogens is 1. The predicted octanol–water partition coefficient (Wildman–Crippen LogP) is 1.19. The smallest absolute Gasteiger partial charge is 0.247 e. The summed E-state index contributed by atoms with van der Waals surface area (Å²) >= 11 is 0. The van der Waals surface area contributed by atoms with Gasteiger partial charge < -0.3 is 4.43 Å². The number of hydrogen-bond donors (Lipinski definition) is 0. The fourth-order valence-corrected chi connectivity index (χ4v) is 3.38. The summed E-state index contributed by atoms with van der Waals surface area (Å²) in [5.74, 6) is -0.821. The van der Waals surface area contributed by atoms with Crippen LogP contribution >= 0.6 is 10.7 Å². The molecule has 0 bridgehead atoms. The molecule has 0 fully saturated rings. The first kappa shape index (κ1) is 14.4. The maximum Gasteiger partial charge on any atom is 0.247 e. The molecule has 0 aromatic heterocycles. The van der Waals surface area contributed by atoms with Crippen LogP contribution in [0.25, 0.3) is 0 Å². The molecule has 0 atom stereocenters. The van der Waals surface area contributed by atoms with Gasteiger partial charge in [-0.1, -0.05) is 0 Å². The van der Waals surface area contributed by atoms with E-state index in [1.807, 2.05) is 0 Å². The van der Waals surface area contributed by atoms with Crippen molar-refractivity contribution in [3.05, 3.63) is 0 Å². The largest absolute Gasteiger partial charge is 0.389 e. The second-order valence-electron chi connectivity index (χ2n) is 3.95. The minimum Gasteiger partial charge on any atom is -0.389 e. The molecular formula is C7H11ClN2O3SSi. The van der Waals surface area contributed by atoms with Gasteiger partial charge in [0.1, 0.15) is 17.9 Å². The van der Waals surface area contributed by atoms with Gasteiger partial charge in [-0.3, -0.25) is 0 Å². The number of nitrogens with zero attached hydrogens (tertiary/aromatic N) is 2. The Morgan fingerprint density at radius 1 is 1.33 bits per heavy atom. The lowest BCUT2D eigenvalue weighted by Crippen LogP contribution is -2.44. The molecule has 0 aliphatic heterocycles. The molecule has 0 radical (unpaired) electrons. The van der Waals surface area contributed by atoms with Gasteiger partial charge in [-0.2, -0.15) is 10.5 Å². The predicted molar refractivity (Wildman–Crippen MR) is 58.0 cm³/mol. The second kappa shape index (κ2) is 4.50. The molecule has 5 nitrogen and oxygen atoms in total. The number of nitriles is 2. The van der Waals surface area contributed by atoms with Gasteiger partial charge in [0.15, 0.2) is 8.32 Å². The molecule has 0 aliphatic carbocycles. The summed E-state index contributed by atoms with van der Waals surface area (Å²) in [4.78, 5) is 0. The van der Waals surface area contributed by atoms with E-state index in [1.165, 1.54) is 0 Å². The molecule has 0 spiro atoms. The van der Waals surface area contributed by atoms with Gasteiger partial charge >= 0.3 is 0 Å². The zero-order valence-corrected chi connectivity index (χ0v) is 11.2. The fraction of sp³-hybridized carbons (Fsp3) is 0.714. The first-order chi connectivity index (χ1) is 6.54. The first-order valence-corrected chi connectivity index (χ1v) is 9.87. The lowest BCUT2D eigenvalue weighted by atomic mass is 10.2. The third-order valence-electron chi connectivity index (χ3n) is 1.22.